The van der Waals surface area contributed by atoms with E-state index in [0.717, 1.165) is 17.7 Å². The van der Waals surface area contributed by atoms with E-state index in [-0.39, 0.29) is 11.9 Å². The van der Waals surface area contributed by atoms with Gasteiger partial charge in [0.25, 0.3) is 0 Å². The lowest BCUT2D eigenvalue weighted by molar-refractivity contribution is -0.120. The van der Waals surface area contributed by atoms with Crippen LogP contribution < -0.4 is 5.32 Å². The molecule has 1 aromatic heterocycles. The largest absolute Gasteiger partial charge is 0.338 e. The summed E-state index contributed by atoms with van der Waals surface area (Å²) in [7, 11) is 3.76. The molecule has 0 saturated carbocycles. The summed E-state index contributed by atoms with van der Waals surface area (Å²) >= 11 is 0. The second-order valence-corrected chi connectivity index (χ2v) is 4.10. The van der Waals surface area contributed by atoms with E-state index < -0.39 is 0 Å². The fraction of sp³-hybridized carbons (Fsp3) is 0.636. The molecule has 0 saturated heterocycles. The molecule has 90 valence electrons. The first kappa shape index (κ1) is 12.7. The van der Waals surface area contributed by atoms with E-state index in [0.29, 0.717) is 5.88 Å². The van der Waals surface area contributed by atoms with Crippen LogP contribution in [0.5, 0.6) is 0 Å². The van der Waals surface area contributed by atoms with E-state index in [2.05, 4.69) is 10.5 Å². The average molecular weight is 225 g/mol. The number of amides is 1. The van der Waals surface area contributed by atoms with Gasteiger partial charge in [0.2, 0.25) is 11.8 Å². The minimum absolute atomic E-state index is 0.0632. The summed E-state index contributed by atoms with van der Waals surface area (Å²) in [5, 5.41) is 6.55. The molecule has 0 spiro atoms. The summed E-state index contributed by atoms with van der Waals surface area (Å²) in [6.45, 7) is 5.69. The molecule has 0 aliphatic rings. The number of nitrogens with one attached hydrogen (secondary N) is 1. The molecule has 5 heteroatoms. The van der Waals surface area contributed by atoms with Crippen LogP contribution in [0.1, 0.15) is 24.6 Å². The Morgan fingerprint density at radius 1 is 1.50 bits per heavy atom. The zero-order chi connectivity index (χ0) is 12.3. The number of likely N-dealkylation sites (N-methyl/N-ethyl adjacent to an activating group) is 1. The van der Waals surface area contributed by atoms with Crippen molar-refractivity contribution in [1.82, 2.24) is 10.1 Å². The van der Waals surface area contributed by atoms with Gasteiger partial charge in [-0.1, -0.05) is 12.1 Å². The molecule has 0 aromatic carbocycles. The third-order valence-electron chi connectivity index (χ3n) is 2.71. The summed E-state index contributed by atoms with van der Waals surface area (Å²) in [4.78, 5) is 13.8. The van der Waals surface area contributed by atoms with Crippen molar-refractivity contribution in [3.63, 3.8) is 0 Å². The molecule has 1 N–H and O–H groups in total. The maximum atomic E-state index is 11.9. The van der Waals surface area contributed by atoms with E-state index in [1.165, 1.54) is 0 Å². The number of nitrogens with zero attached hydrogens (tertiary/aromatic N) is 2. The first-order valence-corrected chi connectivity index (χ1v) is 5.37. The highest BCUT2D eigenvalue weighted by Crippen LogP contribution is 2.18. The average Bonchev–Trinajstić information content (AvgIpc) is 2.50. The number of hydrogen-bond acceptors (Lipinski definition) is 4. The minimum atomic E-state index is -0.148. The molecule has 1 heterocycles. The van der Waals surface area contributed by atoms with E-state index >= 15 is 0 Å². The quantitative estimate of drug-likeness (QED) is 0.845. The second-order valence-electron chi connectivity index (χ2n) is 4.10. The van der Waals surface area contributed by atoms with Gasteiger partial charge in [0, 0.05) is 5.56 Å². The fourth-order valence-electron chi connectivity index (χ4n) is 1.51. The third-order valence-corrected chi connectivity index (χ3v) is 2.71. The van der Waals surface area contributed by atoms with Crippen molar-refractivity contribution in [1.29, 1.82) is 0 Å². The number of carbonyl (C=O) groups is 1. The smallest absolute Gasteiger partial charge is 0.244 e. The maximum Gasteiger partial charge on any atom is 0.244 e. The van der Waals surface area contributed by atoms with Crippen LogP contribution in [-0.4, -0.2) is 36.1 Å². The lowest BCUT2D eigenvalue weighted by atomic mass is 10.2. The maximum absolute atomic E-state index is 11.9. The van der Waals surface area contributed by atoms with Crippen molar-refractivity contribution in [2.75, 3.05) is 19.4 Å². The Hall–Kier alpha value is -1.36. The zero-order valence-corrected chi connectivity index (χ0v) is 10.5. The standard InChI is InChI=1S/C11H19N3O2/c1-6-9(14(4)5)10(15)12-11-7(2)8(3)13-16-11/h9H,6H2,1-5H3,(H,12,15). The number of aryl methyl sites for hydroxylation is 1. The molecule has 1 atom stereocenters. The Morgan fingerprint density at radius 2 is 2.12 bits per heavy atom. The van der Waals surface area contributed by atoms with Gasteiger partial charge in [0.15, 0.2) is 0 Å². The van der Waals surface area contributed by atoms with E-state index in [1.807, 2.05) is 39.8 Å². The highest BCUT2D eigenvalue weighted by molar-refractivity contribution is 5.94. The Morgan fingerprint density at radius 3 is 2.50 bits per heavy atom. The SMILES string of the molecule is CCC(C(=O)Nc1onc(C)c1C)N(C)C. The number of carbonyl (C=O) groups excluding carboxylic acids is 1. The minimum Gasteiger partial charge on any atom is -0.338 e. The predicted molar refractivity (Wildman–Crippen MR) is 62.4 cm³/mol. The number of anilines is 1. The number of aromatic nitrogens is 1. The van der Waals surface area contributed by atoms with E-state index in [1.54, 1.807) is 0 Å². The Bertz CT molecular complexity index is 371. The van der Waals surface area contributed by atoms with Crippen molar-refractivity contribution in [3.05, 3.63) is 11.3 Å². The molecule has 0 radical (unpaired) electrons. The van der Waals surface area contributed by atoms with Crippen LogP contribution in [0.15, 0.2) is 4.52 Å². The molecular formula is C11H19N3O2. The number of rotatable bonds is 4. The molecule has 0 fully saturated rings. The van der Waals surface area contributed by atoms with Crippen LogP contribution in [0.25, 0.3) is 0 Å². The van der Waals surface area contributed by atoms with Crippen molar-refractivity contribution in [2.24, 2.45) is 0 Å². The van der Waals surface area contributed by atoms with Gasteiger partial charge < -0.3 is 4.52 Å². The summed E-state index contributed by atoms with van der Waals surface area (Å²) in [5.74, 6) is 0.384. The number of hydrogen-bond donors (Lipinski definition) is 1. The van der Waals surface area contributed by atoms with Gasteiger partial charge >= 0.3 is 0 Å². The monoisotopic (exact) mass is 225 g/mol. The lowest BCUT2D eigenvalue weighted by Gasteiger charge is -2.21. The van der Waals surface area contributed by atoms with Crippen LogP contribution in [0, 0.1) is 13.8 Å². The molecular weight excluding hydrogens is 206 g/mol. The first-order valence-electron chi connectivity index (χ1n) is 5.37. The van der Waals surface area contributed by atoms with Crippen LogP contribution in [-0.2, 0) is 4.79 Å². The molecule has 1 aromatic rings. The van der Waals surface area contributed by atoms with Crippen LogP contribution in [0.3, 0.4) is 0 Å². The molecule has 1 amide bonds. The van der Waals surface area contributed by atoms with Gasteiger partial charge in [-0.2, -0.15) is 0 Å². The lowest BCUT2D eigenvalue weighted by Crippen LogP contribution is -2.39. The van der Waals surface area contributed by atoms with Crippen LogP contribution in [0.2, 0.25) is 0 Å². The van der Waals surface area contributed by atoms with E-state index in [9.17, 15) is 4.79 Å². The molecule has 0 bridgehead atoms. The highest BCUT2D eigenvalue weighted by atomic mass is 16.5. The normalized spacial score (nSPS) is 12.9. The summed E-state index contributed by atoms with van der Waals surface area (Å²) in [6, 6.07) is -0.148. The van der Waals surface area contributed by atoms with Crippen LogP contribution in [0.4, 0.5) is 5.88 Å². The van der Waals surface area contributed by atoms with Gasteiger partial charge in [0.1, 0.15) is 0 Å². The van der Waals surface area contributed by atoms with Gasteiger partial charge in [0.05, 0.1) is 11.7 Å². The topological polar surface area (TPSA) is 58.4 Å². The van der Waals surface area contributed by atoms with Crippen molar-refractivity contribution in [3.8, 4) is 0 Å². The summed E-state index contributed by atoms with van der Waals surface area (Å²) < 4.78 is 5.04. The van der Waals surface area contributed by atoms with Gasteiger partial charge in [-0.3, -0.25) is 15.0 Å². The summed E-state index contributed by atoms with van der Waals surface area (Å²) in [6.07, 6.45) is 0.755. The second kappa shape index (κ2) is 5.12. The summed E-state index contributed by atoms with van der Waals surface area (Å²) in [5.41, 5.74) is 1.68. The van der Waals surface area contributed by atoms with Gasteiger partial charge in [-0.25, -0.2) is 0 Å². The Labute approximate surface area is 95.8 Å². The van der Waals surface area contributed by atoms with E-state index in [4.69, 9.17) is 4.52 Å². The zero-order valence-electron chi connectivity index (χ0n) is 10.5. The van der Waals surface area contributed by atoms with Crippen molar-refractivity contribution < 1.29 is 9.32 Å². The predicted octanol–water partition coefficient (Wildman–Crippen LogP) is 1.57. The Kier molecular flexibility index (Phi) is 4.06. The van der Waals surface area contributed by atoms with Crippen molar-refractivity contribution >= 4 is 11.8 Å². The van der Waals surface area contributed by atoms with Crippen molar-refractivity contribution in [2.45, 2.75) is 33.2 Å². The van der Waals surface area contributed by atoms with Crippen LogP contribution >= 0.6 is 0 Å². The first-order chi connectivity index (χ1) is 7.47. The molecule has 16 heavy (non-hydrogen) atoms. The molecule has 0 aliphatic heterocycles. The third kappa shape index (κ3) is 2.61. The van der Waals surface area contributed by atoms with Gasteiger partial charge in [-0.05, 0) is 34.4 Å². The molecule has 5 nitrogen and oxygen atoms in total. The molecule has 1 unspecified atom stereocenters. The molecule has 1 rings (SSSR count). The van der Waals surface area contributed by atoms with Gasteiger partial charge in [-0.15, -0.1) is 0 Å². The Balaban J connectivity index is 2.74. The fourth-order valence-corrected chi connectivity index (χ4v) is 1.51. The molecule has 0 aliphatic carbocycles. The highest BCUT2D eigenvalue weighted by Gasteiger charge is 2.21.